The fraction of sp³-hybridized carbons (Fsp3) is 0.379. The van der Waals surface area contributed by atoms with E-state index in [0.717, 1.165) is 24.7 Å². The van der Waals surface area contributed by atoms with E-state index in [4.69, 9.17) is 14.7 Å². The SMILES string of the molecule is COc1ncnc(C2CC2)c1-c1nc(NC2(c3ccc(-c4nc(C(F)(F)F)cn4C)cc3)CC(F)(F)C2)c2nn(C)cc2n1. The Bertz CT molecular complexity index is 1890. The van der Waals surface area contributed by atoms with Crippen LogP contribution in [0.15, 0.2) is 43.0 Å². The van der Waals surface area contributed by atoms with Crippen molar-refractivity contribution in [3.63, 3.8) is 0 Å². The van der Waals surface area contributed by atoms with Crippen LogP contribution in [-0.4, -0.2) is 52.3 Å². The average Bonchev–Trinajstić information content (AvgIpc) is 3.62. The zero-order chi connectivity index (χ0) is 31.0. The number of anilines is 1. The van der Waals surface area contributed by atoms with E-state index in [-0.39, 0.29) is 23.4 Å². The lowest BCUT2D eigenvalue weighted by Gasteiger charge is -2.48. The summed E-state index contributed by atoms with van der Waals surface area (Å²) in [7, 11) is 4.68. The maximum atomic E-state index is 14.6. The molecule has 2 aliphatic rings. The van der Waals surface area contributed by atoms with Gasteiger partial charge in [0.05, 0.1) is 24.5 Å². The maximum absolute atomic E-state index is 14.6. The Morgan fingerprint density at radius 2 is 1.70 bits per heavy atom. The van der Waals surface area contributed by atoms with Crippen molar-refractivity contribution in [3.8, 4) is 28.7 Å². The third-order valence-corrected chi connectivity index (χ3v) is 8.04. The van der Waals surface area contributed by atoms with E-state index in [1.54, 1.807) is 42.2 Å². The normalized spacial score (nSPS) is 17.5. The van der Waals surface area contributed by atoms with Gasteiger partial charge in [0.25, 0.3) is 5.92 Å². The average molecular weight is 612 g/mol. The predicted octanol–water partition coefficient (Wildman–Crippen LogP) is 5.86. The number of aromatic nitrogens is 8. The molecule has 4 aromatic heterocycles. The molecule has 4 heterocycles. The first-order valence-corrected chi connectivity index (χ1v) is 13.8. The zero-order valence-electron chi connectivity index (χ0n) is 23.8. The van der Waals surface area contributed by atoms with Crippen molar-refractivity contribution in [2.45, 2.75) is 49.2 Å². The Hall–Kier alpha value is -4.69. The van der Waals surface area contributed by atoms with Gasteiger partial charge in [-0.25, -0.2) is 33.7 Å². The summed E-state index contributed by atoms with van der Waals surface area (Å²) in [5.41, 5.74) is 0.840. The number of imidazole rings is 1. The van der Waals surface area contributed by atoms with Crippen molar-refractivity contribution >= 4 is 16.9 Å². The second kappa shape index (κ2) is 9.66. The highest BCUT2D eigenvalue weighted by Crippen LogP contribution is 2.54. The summed E-state index contributed by atoms with van der Waals surface area (Å²) in [6, 6.07) is 6.40. The lowest BCUT2D eigenvalue weighted by molar-refractivity contribution is -0.140. The van der Waals surface area contributed by atoms with Gasteiger partial charge in [0, 0.05) is 44.6 Å². The Kier molecular flexibility index (Phi) is 6.17. The Morgan fingerprint density at radius 1 is 0.977 bits per heavy atom. The van der Waals surface area contributed by atoms with Gasteiger partial charge < -0.3 is 14.6 Å². The van der Waals surface area contributed by atoms with Gasteiger partial charge in [-0.3, -0.25) is 4.68 Å². The van der Waals surface area contributed by atoms with Crippen LogP contribution in [0.5, 0.6) is 5.88 Å². The second-order valence-electron chi connectivity index (χ2n) is 11.4. The molecule has 2 saturated carbocycles. The van der Waals surface area contributed by atoms with Crippen molar-refractivity contribution in [3.05, 3.63) is 59.9 Å². The number of hydrogen-bond donors (Lipinski definition) is 1. The number of methoxy groups -OCH3 is 1. The van der Waals surface area contributed by atoms with E-state index in [9.17, 15) is 22.0 Å². The fourth-order valence-electron chi connectivity index (χ4n) is 5.87. The van der Waals surface area contributed by atoms with Crippen LogP contribution in [0.4, 0.5) is 27.8 Å². The number of halogens is 5. The Labute approximate surface area is 247 Å². The number of ether oxygens (including phenoxy) is 1. The van der Waals surface area contributed by atoms with Crippen LogP contribution in [0.1, 0.15) is 48.6 Å². The number of nitrogens with one attached hydrogen (secondary N) is 1. The molecular formula is C29H26F5N9O. The molecule has 0 bridgehead atoms. The minimum Gasteiger partial charge on any atom is -0.480 e. The molecule has 1 aromatic carbocycles. The molecule has 0 aliphatic heterocycles. The molecule has 0 unspecified atom stereocenters. The highest BCUT2D eigenvalue weighted by atomic mass is 19.4. The van der Waals surface area contributed by atoms with Crippen molar-refractivity contribution in [2.24, 2.45) is 14.1 Å². The third-order valence-electron chi connectivity index (χ3n) is 8.04. The molecule has 7 rings (SSSR count). The van der Waals surface area contributed by atoms with Crippen LogP contribution in [0, 0.1) is 0 Å². The summed E-state index contributed by atoms with van der Waals surface area (Å²) in [6.45, 7) is 0. The maximum Gasteiger partial charge on any atom is 0.434 e. The summed E-state index contributed by atoms with van der Waals surface area (Å²) >= 11 is 0. The molecule has 1 N–H and O–H groups in total. The minimum atomic E-state index is -4.59. The highest BCUT2D eigenvalue weighted by Gasteiger charge is 2.58. The van der Waals surface area contributed by atoms with Crippen LogP contribution in [0.3, 0.4) is 0 Å². The van der Waals surface area contributed by atoms with Gasteiger partial charge in [-0.15, -0.1) is 0 Å². The van der Waals surface area contributed by atoms with E-state index in [2.05, 4.69) is 25.4 Å². The quantitative estimate of drug-likeness (QED) is 0.228. The van der Waals surface area contributed by atoms with Crippen molar-refractivity contribution in [1.82, 2.24) is 39.3 Å². The fourth-order valence-corrected chi connectivity index (χ4v) is 5.87. The predicted molar refractivity (Wildman–Crippen MR) is 149 cm³/mol. The molecule has 228 valence electrons. The van der Waals surface area contributed by atoms with Crippen LogP contribution in [-0.2, 0) is 25.8 Å². The summed E-state index contributed by atoms with van der Waals surface area (Å²) < 4.78 is 77.2. The first-order valence-electron chi connectivity index (χ1n) is 13.8. The molecule has 0 amide bonds. The molecule has 10 nitrogen and oxygen atoms in total. The van der Waals surface area contributed by atoms with Gasteiger partial charge in [0.15, 0.2) is 22.9 Å². The van der Waals surface area contributed by atoms with E-state index in [1.165, 1.54) is 25.1 Å². The van der Waals surface area contributed by atoms with Gasteiger partial charge >= 0.3 is 6.18 Å². The number of alkyl halides is 5. The number of benzene rings is 1. The lowest BCUT2D eigenvalue weighted by Crippen LogP contribution is -2.54. The number of rotatable bonds is 7. The number of hydrogen-bond acceptors (Lipinski definition) is 8. The van der Waals surface area contributed by atoms with Gasteiger partial charge in [0.2, 0.25) is 5.88 Å². The van der Waals surface area contributed by atoms with E-state index in [1.807, 2.05) is 0 Å². The number of aryl methyl sites for hydroxylation is 2. The summed E-state index contributed by atoms with van der Waals surface area (Å²) in [4.78, 5) is 22.0. The smallest absolute Gasteiger partial charge is 0.434 e. The molecule has 2 fully saturated rings. The Balaban J connectivity index is 1.30. The molecular weight excluding hydrogens is 585 g/mol. The van der Waals surface area contributed by atoms with Gasteiger partial charge in [-0.05, 0) is 18.4 Å². The molecule has 2 aliphatic carbocycles. The highest BCUT2D eigenvalue weighted by molar-refractivity contribution is 5.88. The summed E-state index contributed by atoms with van der Waals surface area (Å²) in [6.07, 6.45) is 0.306. The monoisotopic (exact) mass is 611 g/mol. The minimum absolute atomic E-state index is 0.103. The first-order chi connectivity index (χ1) is 20.9. The molecule has 0 radical (unpaired) electrons. The van der Waals surface area contributed by atoms with Crippen LogP contribution in [0.25, 0.3) is 33.8 Å². The van der Waals surface area contributed by atoms with Crippen LogP contribution in [0.2, 0.25) is 0 Å². The Morgan fingerprint density at radius 3 is 2.32 bits per heavy atom. The molecule has 5 aromatic rings. The van der Waals surface area contributed by atoms with Crippen molar-refractivity contribution < 1.29 is 26.7 Å². The molecule has 15 heteroatoms. The first kappa shape index (κ1) is 28.1. The van der Waals surface area contributed by atoms with Gasteiger partial charge in [0.1, 0.15) is 23.2 Å². The topological polar surface area (TPSA) is 108 Å². The second-order valence-corrected chi connectivity index (χ2v) is 11.4. The lowest BCUT2D eigenvalue weighted by atomic mass is 9.68. The van der Waals surface area contributed by atoms with Gasteiger partial charge in [-0.1, -0.05) is 24.3 Å². The summed E-state index contributed by atoms with van der Waals surface area (Å²) in [5.74, 6) is -1.80. The summed E-state index contributed by atoms with van der Waals surface area (Å²) in [5, 5.41) is 7.76. The zero-order valence-corrected chi connectivity index (χ0v) is 23.8. The van der Waals surface area contributed by atoms with Crippen LogP contribution >= 0.6 is 0 Å². The van der Waals surface area contributed by atoms with E-state index in [0.29, 0.717) is 33.6 Å². The number of fused-ring (bicyclic) bond motifs is 1. The molecule has 0 spiro atoms. The standard InChI is InChI=1S/C29H26F5N9O/c1-42-11-19(29(32,33)34)38-25(42)16-6-8-17(9-7-16)27(12-28(30,31)13-27)40-24-22-18(10-43(2)41-22)37-23(39-24)20-21(15-4-5-15)35-14-36-26(20)44-3/h6-11,14-15H,4-5,12-13H2,1-3H3,(H,37,39,40). The van der Waals surface area contributed by atoms with E-state index < -0.39 is 36.2 Å². The molecule has 0 saturated heterocycles. The largest absolute Gasteiger partial charge is 0.480 e. The molecule has 0 atom stereocenters. The van der Waals surface area contributed by atoms with Gasteiger partial charge in [-0.2, -0.15) is 18.3 Å². The number of nitrogens with zero attached hydrogens (tertiary/aromatic N) is 8. The van der Waals surface area contributed by atoms with Crippen molar-refractivity contribution in [2.75, 3.05) is 12.4 Å². The van der Waals surface area contributed by atoms with Crippen molar-refractivity contribution in [1.29, 1.82) is 0 Å². The van der Waals surface area contributed by atoms with E-state index >= 15 is 0 Å². The van der Waals surface area contributed by atoms with Crippen LogP contribution < -0.4 is 10.1 Å². The molecule has 44 heavy (non-hydrogen) atoms. The third kappa shape index (κ3) is 4.79.